The quantitative estimate of drug-likeness (QED) is 0.575. The van der Waals surface area contributed by atoms with Crippen LogP contribution < -0.4 is 0 Å². The van der Waals surface area contributed by atoms with Gasteiger partial charge in [-0.1, -0.05) is 6.92 Å². The first-order chi connectivity index (χ1) is 7.02. The predicted octanol–water partition coefficient (Wildman–Crippen LogP) is -0.810. The summed E-state index contributed by atoms with van der Waals surface area (Å²) in [5.74, 6) is -1.72. The van der Waals surface area contributed by atoms with Crippen LogP contribution in [0.25, 0.3) is 0 Å². The molecule has 0 saturated carbocycles. The number of aliphatic hydroxyl groups is 2. The van der Waals surface area contributed by atoms with Crippen molar-refractivity contribution in [2.45, 2.75) is 37.9 Å². The fraction of sp³-hybridized carbons (Fsp3) is 0.889. The van der Waals surface area contributed by atoms with Crippen LogP contribution in [0.1, 0.15) is 13.3 Å². The summed E-state index contributed by atoms with van der Waals surface area (Å²) in [6.45, 7) is 1.80. The van der Waals surface area contributed by atoms with Crippen LogP contribution in [-0.2, 0) is 14.3 Å². The van der Waals surface area contributed by atoms with Crippen LogP contribution in [0.2, 0.25) is 0 Å². The lowest BCUT2D eigenvalue weighted by Crippen LogP contribution is -2.57. The van der Waals surface area contributed by atoms with Crippen molar-refractivity contribution in [3.63, 3.8) is 0 Å². The number of hydrogen-bond acceptors (Lipinski definition) is 5. The molecule has 0 aromatic carbocycles. The SMILES string of the molecule is CCC1C(OC)OC(C(=O)O)C(O)C1O. The lowest BCUT2D eigenvalue weighted by atomic mass is 9.89. The molecule has 5 atom stereocenters. The number of hydrogen-bond donors (Lipinski definition) is 3. The first-order valence-corrected chi connectivity index (χ1v) is 4.80. The van der Waals surface area contributed by atoms with Gasteiger partial charge in [0, 0.05) is 13.0 Å². The molecule has 6 nitrogen and oxygen atoms in total. The van der Waals surface area contributed by atoms with E-state index in [1.165, 1.54) is 7.11 Å². The minimum Gasteiger partial charge on any atom is -0.479 e. The smallest absolute Gasteiger partial charge is 0.335 e. The van der Waals surface area contributed by atoms with Crippen LogP contribution in [0.5, 0.6) is 0 Å². The van der Waals surface area contributed by atoms with E-state index in [-0.39, 0.29) is 0 Å². The number of carbonyl (C=O) groups is 1. The Hall–Kier alpha value is -0.690. The van der Waals surface area contributed by atoms with E-state index < -0.39 is 36.5 Å². The third-order valence-electron chi connectivity index (χ3n) is 2.68. The molecule has 6 heteroatoms. The van der Waals surface area contributed by atoms with Gasteiger partial charge in [-0.15, -0.1) is 0 Å². The highest BCUT2D eigenvalue weighted by Crippen LogP contribution is 2.28. The molecule has 1 saturated heterocycles. The Bertz CT molecular complexity index is 229. The van der Waals surface area contributed by atoms with Crippen molar-refractivity contribution in [2.75, 3.05) is 7.11 Å². The zero-order valence-corrected chi connectivity index (χ0v) is 8.66. The molecule has 15 heavy (non-hydrogen) atoms. The van der Waals surface area contributed by atoms with Crippen molar-refractivity contribution in [3.8, 4) is 0 Å². The monoisotopic (exact) mass is 220 g/mol. The van der Waals surface area contributed by atoms with Crippen molar-refractivity contribution in [3.05, 3.63) is 0 Å². The van der Waals surface area contributed by atoms with Crippen molar-refractivity contribution < 1.29 is 29.6 Å². The Morgan fingerprint density at radius 3 is 2.40 bits per heavy atom. The standard InChI is InChI=1S/C9H16O6/c1-3-4-5(10)6(11)7(8(12)13)15-9(4)14-2/h4-7,9-11H,3H2,1-2H3,(H,12,13). The van der Waals surface area contributed by atoms with Gasteiger partial charge < -0.3 is 24.8 Å². The molecule has 0 aromatic rings. The zero-order chi connectivity index (χ0) is 11.6. The third kappa shape index (κ3) is 2.28. The van der Waals surface area contributed by atoms with Crippen LogP contribution >= 0.6 is 0 Å². The molecule has 0 bridgehead atoms. The van der Waals surface area contributed by atoms with E-state index in [2.05, 4.69) is 0 Å². The van der Waals surface area contributed by atoms with Crippen LogP contribution in [0.3, 0.4) is 0 Å². The van der Waals surface area contributed by atoms with E-state index in [0.29, 0.717) is 6.42 Å². The van der Waals surface area contributed by atoms with Gasteiger partial charge in [0.1, 0.15) is 6.10 Å². The molecule has 0 aromatic heterocycles. The van der Waals surface area contributed by atoms with E-state index in [9.17, 15) is 15.0 Å². The van der Waals surface area contributed by atoms with Crippen molar-refractivity contribution in [1.29, 1.82) is 0 Å². The summed E-state index contributed by atoms with van der Waals surface area (Å²) in [4.78, 5) is 10.7. The minimum absolute atomic E-state index is 0.416. The molecule has 3 N–H and O–H groups in total. The number of aliphatic carboxylic acids is 1. The number of carboxylic acid groups (broad SMARTS) is 1. The summed E-state index contributed by atoms with van der Waals surface area (Å²) in [5, 5.41) is 27.9. The van der Waals surface area contributed by atoms with Gasteiger partial charge in [-0.2, -0.15) is 0 Å². The van der Waals surface area contributed by atoms with Crippen molar-refractivity contribution in [1.82, 2.24) is 0 Å². The summed E-state index contributed by atoms with van der Waals surface area (Å²) >= 11 is 0. The molecule has 1 aliphatic rings. The summed E-state index contributed by atoms with van der Waals surface area (Å²) < 4.78 is 9.99. The number of rotatable bonds is 3. The lowest BCUT2D eigenvalue weighted by Gasteiger charge is -2.40. The molecule has 0 radical (unpaired) electrons. The van der Waals surface area contributed by atoms with E-state index in [4.69, 9.17) is 14.6 Å². The lowest BCUT2D eigenvalue weighted by molar-refractivity contribution is -0.272. The number of methoxy groups -OCH3 is 1. The summed E-state index contributed by atoms with van der Waals surface area (Å²) in [5.41, 5.74) is 0. The summed E-state index contributed by atoms with van der Waals surface area (Å²) in [6.07, 6.45) is -4.26. The molecule has 1 aliphatic heterocycles. The van der Waals surface area contributed by atoms with E-state index in [0.717, 1.165) is 0 Å². The number of ether oxygens (including phenoxy) is 2. The van der Waals surface area contributed by atoms with Gasteiger partial charge in [0.15, 0.2) is 12.4 Å². The first-order valence-electron chi connectivity index (χ1n) is 4.80. The molecular weight excluding hydrogens is 204 g/mol. The third-order valence-corrected chi connectivity index (χ3v) is 2.68. The molecule has 5 unspecified atom stereocenters. The normalized spacial score (nSPS) is 41.5. The van der Waals surface area contributed by atoms with Crippen molar-refractivity contribution >= 4 is 5.97 Å². The van der Waals surface area contributed by atoms with Gasteiger partial charge in [-0.05, 0) is 6.42 Å². The maximum absolute atomic E-state index is 10.7. The van der Waals surface area contributed by atoms with Crippen LogP contribution in [-0.4, -0.2) is 53.0 Å². The largest absolute Gasteiger partial charge is 0.479 e. The Balaban J connectivity index is 2.82. The Labute approximate surface area is 87.4 Å². The minimum atomic E-state index is -1.44. The van der Waals surface area contributed by atoms with Crippen LogP contribution in [0.4, 0.5) is 0 Å². The maximum Gasteiger partial charge on any atom is 0.335 e. The van der Waals surface area contributed by atoms with Crippen molar-refractivity contribution in [2.24, 2.45) is 5.92 Å². The van der Waals surface area contributed by atoms with E-state index >= 15 is 0 Å². The van der Waals surface area contributed by atoms with E-state index in [1.807, 2.05) is 0 Å². The first kappa shape index (κ1) is 12.4. The van der Waals surface area contributed by atoms with Crippen LogP contribution in [0, 0.1) is 5.92 Å². The van der Waals surface area contributed by atoms with Gasteiger partial charge >= 0.3 is 5.97 Å². The second-order valence-corrected chi connectivity index (χ2v) is 3.55. The average molecular weight is 220 g/mol. The molecular formula is C9H16O6. The highest BCUT2D eigenvalue weighted by molar-refractivity contribution is 5.73. The molecule has 1 fully saturated rings. The molecule has 0 aliphatic carbocycles. The molecule has 1 rings (SSSR count). The molecule has 1 heterocycles. The molecule has 0 amide bonds. The topological polar surface area (TPSA) is 96.2 Å². The van der Waals surface area contributed by atoms with Gasteiger partial charge in [0.2, 0.25) is 0 Å². The van der Waals surface area contributed by atoms with Gasteiger partial charge in [0.25, 0.3) is 0 Å². The number of aliphatic hydroxyl groups excluding tert-OH is 2. The summed E-state index contributed by atoms with van der Waals surface area (Å²) in [6, 6.07) is 0. The molecule has 0 spiro atoms. The number of carboxylic acids is 1. The Morgan fingerprint density at radius 2 is 2.00 bits per heavy atom. The van der Waals surface area contributed by atoms with E-state index in [1.54, 1.807) is 6.92 Å². The van der Waals surface area contributed by atoms with Crippen LogP contribution in [0.15, 0.2) is 0 Å². The highest BCUT2D eigenvalue weighted by Gasteiger charge is 2.46. The fourth-order valence-corrected chi connectivity index (χ4v) is 1.79. The fourth-order valence-electron chi connectivity index (χ4n) is 1.79. The average Bonchev–Trinajstić information content (AvgIpc) is 2.21. The predicted molar refractivity (Wildman–Crippen MR) is 49.1 cm³/mol. The Morgan fingerprint density at radius 1 is 1.40 bits per heavy atom. The van der Waals surface area contributed by atoms with Gasteiger partial charge in [-0.3, -0.25) is 0 Å². The highest BCUT2D eigenvalue weighted by atomic mass is 16.7. The second kappa shape index (κ2) is 4.89. The maximum atomic E-state index is 10.7. The van der Waals surface area contributed by atoms with Gasteiger partial charge in [0.05, 0.1) is 6.10 Å². The second-order valence-electron chi connectivity index (χ2n) is 3.55. The molecule has 88 valence electrons. The Kier molecular flexibility index (Phi) is 4.04. The zero-order valence-electron chi connectivity index (χ0n) is 8.66. The summed E-state index contributed by atoms with van der Waals surface area (Å²) in [7, 11) is 1.37. The van der Waals surface area contributed by atoms with Gasteiger partial charge in [-0.25, -0.2) is 4.79 Å².